The van der Waals surface area contributed by atoms with Gasteiger partial charge in [0.05, 0.1) is 62.9 Å². The number of rotatable bonds is 11. The lowest BCUT2D eigenvalue weighted by Gasteiger charge is -2.38. The van der Waals surface area contributed by atoms with E-state index >= 15 is 0 Å². The summed E-state index contributed by atoms with van der Waals surface area (Å²) >= 11 is 0. The molecule has 39 heavy (non-hydrogen) atoms. The van der Waals surface area contributed by atoms with Crippen molar-refractivity contribution in [3.63, 3.8) is 0 Å². The fraction of sp³-hybridized carbons (Fsp3) is 0.565. The number of hydrogen-bond acceptors (Lipinski definition) is 7. The van der Waals surface area contributed by atoms with Gasteiger partial charge in [0.2, 0.25) is 5.91 Å². The van der Waals surface area contributed by atoms with E-state index in [4.69, 9.17) is 0 Å². The van der Waals surface area contributed by atoms with Gasteiger partial charge in [-0.25, -0.2) is 18.3 Å². The Kier molecular flexibility index (Phi) is 7.22. The molecule has 210 valence electrons. The largest absolute Gasteiger partial charge is 0.389 e. The maximum Gasteiger partial charge on any atom is 0.389 e. The number of aromatic nitrogens is 6. The first-order valence-electron chi connectivity index (χ1n) is 12.4. The normalized spacial score (nSPS) is 18.1. The van der Waals surface area contributed by atoms with Gasteiger partial charge in [0.1, 0.15) is 0 Å². The molecule has 2 fully saturated rings. The van der Waals surface area contributed by atoms with E-state index in [1.165, 1.54) is 15.5 Å². The number of halogens is 5. The molecule has 2 aliphatic rings. The summed E-state index contributed by atoms with van der Waals surface area (Å²) in [4.78, 5) is 31.9. The Morgan fingerprint density at radius 3 is 2.59 bits per heavy atom. The van der Waals surface area contributed by atoms with E-state index in [2.05, 4.69) is 30.9 Å². The molecule has 0 radical (unpaired) electrons. The maximum absolute atomic E-state index is 12.9. The molecule has 3 aromatic heterocycles. The van der Waals surface area contributed by atoms with Crippen LogP contribution in [0.15, 0.2) is 24.7 Å². The zero-order chi connectivity index (χ0) is 27.8. The van der Waals surface area contributed by atoms with E-state index in [-0.39, 0.29) is 37.8 Å². The number of carbonyl (C=O) groups excluding carboxylic acids is 2. The van der Waals surface area contributed by atoms with E-state index in [1.54, 1.807) is 23.4 Å². The summed E-state index contributed by atoms with van der Waals surface area (Å²) < 4.78 is 64.7. The third-order valence-electron chi connectivity index (χ3n) is 6.52. The van der Waals surface area contributed by atoms with Gasteiger partial charge in [0.25, 0.3) is 11.8 Å². The Labute approximate surface area is 218 Å². The first kappa shape index (κ1) is 26.9. The van der Waals surface area contributed by atoms with Crippen molar-refractivity contribution < 1.29 is 31.5 Å². The summed E-state index contributed by atoms with van der Waals surface area (Å²) in [7, 11) is 0. The molecule has 4 heterocycles. The van der Waals surface area contributed by atoms with E-state index in [0.29, 0.717) is 23.4 Å². The van der Waals surface area contributed by atoms with Gasteiger partial charge in [0, 0.05) is 13.0 Å². The molecule has 2 amide bonds. The number of carbonyl (C=O) groups is 2. The molecule has 1 atom stereocenters. The Hall–Kier alpha value is -3.69. The Bertz CT molecular complexity index is 1340. The predicted octanol–water partition coefficient (Wildman–Crippen LogP) is 2.11. The smallest absolute Gasteiger partial charge is 0.349 e. The van der Waals surface area contributed by atoms with Crippen LogP contribution in [-0.2, 0) is 17.9 Å². The molecule has 16 heteroatoms. The maximum atomic E-state index is 12.9. The summed E-state index contributed by atoms with van der Waals surface area (Å²) in [5, 5.41) is 17.8. The van der Waals surface area contributed by atoms with Crippen molar-refractivity contribution in [1.82, 2.24) is 45.1 Å². The minimum Gasteiger partial charge on any atom is -0.349 e. The average Bonchev–Trinajstić information content (AvgIpc) is 3.43. The number of alkyl halides is 5. The van der Waals surface area contributed by atoms with Crippen LogP contribution in [0.3, 0.4) is 0 Å². The van der Waals surface area contributed by atoms with Gasteiger partial charge in [-0.1, -0.05) is 0 Å². The van der Waals surface area contributed by atoms with Gasteiger partial charge >= 0.3 is 6.18 Å². The highest BCUT2D eigenvalue weighted by molar-refractivity contribution is 5.91. The monoisotopic (exact) mass is 555 g/mol. The van der Waals surface area contributed by atoms with Crippen LogP contribution in [0, 0.1) is 5.92 Å². The molecule has 1 saturated heterocycles. The molecule has 5 rings (SSSR count). The van der Waals surface area contributed by atoms with Crippen LogP contribution < -0.4 is 10.6 Å². The summed E-state index contributed by atoms with van der Waals surface area (Å²) in [6, 6.07) is 1.26. The Morgan fingerprint density at radius 1 is 1.13 bits per heavy atom. The zero-order valence-corrected chi connectivity index (χ0v) is 20.7. The summed E-state index contributed by atoms with van der Waals surface area (Å²) in [5.41, 5.74) is 1.66. The third-order valence-corrected chi connectivity index (χ3v) is 6.52. The van der Waals surface area contributed by atoms with Crippen LogP contribution in [-0.4, -0.2) is 78.0 Å². The number of nitrogens with zero attached hydrogens (tertiary/aromatic N) is 7. The first-order chi connectivity index (χ1) is 18.4. The highest BCUT2D eigenvalue weighted by Gasteiger charge is 2.43. The van der Waals surface area contributed by atoms with Crippen LogP contribution in [0.2, 0.25) is 0 Å². The van der Waals surface area contributed by atoms with E-state index in [9.17, 15) is 31.5 Å². The Morgan fingerprint density at radius 2 is 1.90 bits per heavy atom. The highest BCUT2D eigenvalue weighted by atomic mass is 19.4. The molecule has 3 aromatic rings. The second kappa shape index (κ2) is 10.5. The van der Waals surface area contributed by atoms with E-state index in [0.717, 1.165) is 12.8 Å². The molecule has 0 spiro atoms. The van der Waals surface area contributed by atoms with Gasteiger partial charge < -0.3 is 10.6 Å². The fourth-order valence-corrected chi connectivity index (χ4v) is 4.37. The Balaban J connectivity index is 1.15. The predicted molar refractivity (Wildman–Crippen MR) is 124 cm³/mol. The molecule has 0 bridgehead atoms. The van der Waals surface area contributed by atoms with E-state index in [1.807, 2.05) is 0 Å². The molecule has 1 saturated carbocycles. The lowest BCUT2D eigenvalue weighted by atomic mass is 10.0. The molecule has 0 aromatic carbocycles. The van der Waals surface area contributed by atoms with Crippen molar-refractivity contribution >= 4 is 17.5 Å². The number of nitrogens with one attached hydrogen (secondary N) is 2. The van der Waals surface area contributed by atoms with Crippen LogP contribution in [0.5, 0.6) is 0 Å². The van der Waals surface area contributed by atoms with Crippen molar-refractivity contribution in [2.45, 2.75) is 56.9 Å². The molecule has 11 nitrogen and oxygen atoms in total. The SMILES string of the molecule is O=C(CCC(F)(F)F)NC(c1cnn2cc(CNC(=O)c3cnn(CCN4CC(F)(F)C4)n3)nc2c1)C1CC1. The fourth-order valence-electron chi connectivity index (χ4n) is 4.37. The molecule has 1 aliphatic heterocycles. The minimum absolute atomic E-state index is 0.0630. The average molecular weight is 556 g/mol. The van der Waals surface area contributed by atoms with E-state index < -0.39 is 42.8 Å². The van der Waals surface area contributed by atoms with Crippen LogP contribution in [0.4, 0.5) is 22.0 Å². The minimum atomic E-state index is -4.40. The van der Waals surface area contributed by atoms with Crippen LogP contribution >= 0.6 is 0 Å². The molecular weight excluding hydrogens is 529 g/mol. The number of amides is 2. The number of imidazole rings is 1. The molecule has 1 unspecified atom stereocenters. The lowest BCUT2D eigenvalue weighted by molar-refractivity contribution is -0.144. The standard InChI is InChI=1S/C23H26F5N9O2/c24-22(25)12-35(13-22)5-6-37-31-10-17(34-37)21(39)29-9-16-11-36-18(32-16)7-15(8-30-36)20(14-1-2-14)33-19(38)3-4-23(26,27)28/h7-8,10-11,14,20H,1-6,9,12-13H2,(H,29,39)(H,33,38). The summed E-state index contributed by atoms with van der Waals surface area (Å²) in [6.07, 6.45) is -0.0724. The van der Waals surface area contributed by atoms with Crippen molar-refractivity contribution in [3.05, 3.63) is 41.6 Å². The van der Waals surface area contributed by atoms with Crippen LogP contribution in [0.1, 0.15) is 53.5 Å². The van der Waals surface area contributed by atoms with Crippen LogP contribution in [0.25, 0.3) is 5.65 Å². The zero-order valence-electron chi connectivity index (χ0n) is 20.7. The second-order valence-corrected chi connectivity index (χ2v) is 9.90. The molecule has 2 N–H and O–H groups in total. The quantitative estimate of drug-likeness (QED) is 0.348. The number of likely N-dealkylation sites (tertiary alicyclic amines) is 1. The topological polar surface area (TPSA) is 122 Å². The number of hydrogen-bond donors (Lipinski definition) is 2. The van der Waals surface area contributed by atoms with Crippen molar-refractivity contribution in [2.24, 2.45) is 5.92 Å². The lowest BCUT2D eigenvalue weighted by Crippen LogP contribution is -2.56. The van der Waals surface area contributed by atoms with Gasteiger partial charge in [-0.3, -0.25) is 14.5 Å². The second-order valence-electron chi connectivity index (χ2n) is 9.90. The van der Waals surface area contributed by atoms with Crippen molar-refractivity contribution in [1.29, 1.82) is 0 Å². The summed E-state index contributed by atoms with van der Waals surface area (Å²) in [5.74, 6) is -3.68. The molecule has 1 aliphatic carbocycles. The van der Waals surface area contributed by atoms with Gasteiger partial charge in [-0.15, -0.1) is 5.10 Å². The van der Waals surface area contributed by atoms with Crippen molar-refractivity contribution in [3.8, 4) is 0 Å². The van der Waals surface area contributed by atoms with Crippen molar-refractivity contribution in [2.75, 3.05) is 19.6 Å². The van der Waals surface area contributed by atoms with Gasteiger partial charge in [-0.2, -0.15) is 28.2 Å². The number of fused-ring (bicyclic) bond motifs is 1. The summed E-state index contributed by atoms with van der Waals surface area (Å²) in [6.45, 7) is 0.0892. The highest BCUT2D eigenvalue weighted by Crippen LogP contribution is 2.41. The molecular formula is C23H26F5N9O2. The first-order valence-corrected chi connectivity index (χ1v) is 12.4. The van der Waals surface area contributed by atoms with Gasteiger partial charge in [0.15, 0.2) is 11.3 Å². The third kappa shape index (κ3) is 7.04. The van der Waals surface area contributed by atoms with Gasteiger partial charge in [-0.05, 0) is 30.4 Å².